The van der Waals surface area contributed by atoms with Gasteiger partial charge in [-0.3, -0.25) is 4.79 Å². The van der Waals surface area contributed by atoms with Crippen molar-refractivity contribution >= 4 is 17.1 Å². The van der Waals surface area contributed by atoms with E-state index in [1.54, 1.807) is 12.3 Å². The van der Waals surface area contributed by atoms with Crippen LogP contribution in [0.2, 0.25) is 0 Å². The molecule has 1 aromatic carbocycles. The molecule has 1 aromatic heterocycles. The Balaban J connectivity index is 2.36. The lowest BCUT2D eigenvalue weighted by Crippen LogP contribution is -2.15. The third-order valence-corrected chi connectivity index (χ3v) is 3.42. The van der Waals surface area contributed by atoms with Gasteiger partial charge in [0.25, 0.3) is 0 Å². The second-order valence-corrected chi connectivity index (χ2v) is 5.21. The Morgan fingerprint density at radius 3 is 2.60 bits per heavy atom. The molecule has 0 aliphatic heterocycles. The number of carbonyl (C=O) groups excluding carboxylic acids is 1. The van der Waals surface area contributed by atoms with Gasteiger partial charge in [-0.2, -0.15) is 13.2 Å². The lowest BCUT2D eigenvalue weighted by atomic mass is 10.00. The van der Waals surface area contributed by atoms with Gasteiger partial charge in [0.05, 0.1) is 22.7 Å². The first-order valence-corrected chi connectivity index (χ1v) is 6.46. The Hall–Kier alpha value is -1.76. The molecule has 2 rings (SSSR count). The maximum atomic E-state index is 13.1. The summed E-state index contributed by atoms with van der Waals surface area (Å²) in [6, 6.07) is 1.88. The van der Waals surface area contributed by atoms with Crippen molar-refractivity contribution in [3.05, 3.63) is 51.2 Å². The number of thiazole rings is 1. The van der Waals surface area contributed by atoms with Crippen LogP contribution in [0.4, 0.5) is 17.6 Å². The molecule has 0 fully saturated rings. The van der Waals surface area contributed by atoms with Crippen LogP contribution in [0.1, 0.15) is 26.6 Å². The van der Waals surface area contributed by atoms with E-state index in [9.17, 15) is 22.4 Å². The zero-order chi connectivity index (χ0) is 14.9. The fourth-order valence-corrected chi connectivity index (χ4v) is 2.36. The highest BCUT2D eigenvalue weighted by atomic mass is 32.1. The third kappa shape index (κ3) is 3.22. The Morgan fingerprint density at radius 2 is 2.05 bits per heavy atom. The first-order valence-electron chi connectivity index (χ1n) is 5.58. The largest absolute Gasteiger partial charge is 0.417 e. The fourth-order valence-electron chi connectivity index (χ4n) is 1.74. The molecule has 0 spiro atoms. The SMILES string of the molecule is Cc1nc(CC(=O)c2cc(F)ccc2C(F)(F)F)cs1. The number of hydrogen-bond donors (Lipinski definition) is 0. The summed E-state index contributed by atoms with van der Waals surface area (Å²) in [5.41, 5.74) is -1.41. The van der Waals surface area contributed by atoms with Crippen LogP contribution in [0.15, 0.2) is 23.6 Å². The number of nitrogens with zero attached hydrogens (tertiary/aromatic N) is 1. The summed E-state index contributed by atoms with van der Waals surface area (Å²) in [6.45, 7) is 1.72. The lowest BCUT2D eigenvalue weighted by molar-refractivity contribution is -0.137. The standard InChI is InChI=1S/C13H9F4NOS/c1-7-18-9(6-20-7)5-12(19)10-4-8(14)2-3-11(10)13(15,16)17/h2-4,6H,5H2,1H3. The summed E-state index contributed by atoms with van der Waals surface area (Å²) >= 11 is 1.29. The maximum Gasteiger partial charge on any atom is 0.417 e. The number of carbonyl (C=O) groups is 1. The molecule has 1 heterocycles. The molecule has 0 amide bonds. The van der Waals surface area contributed by atoms with Crippen molar-refractivity contribution in [2.45, 2.75) is 19.5 Å². The molecule has 0 radical (unpaired) electrons. The Morgan fingerprint density at radius 1 is 1.35 bits per heavy atom. The zero-order valence-corrected chi connectivity index (χ0v) is 11.1. The van der Waals surface area contributed by atoms with Crippen molar-refractivity contribution in [2.24, 2.45) is 0 Å². The average Bonchev–Trinajstić information content (AvgIpc) is 2.73. The van der Waals surface area contributed by atoms with Crippen LogP contribution in [0.3, 0.4) is 0 Å². The molecule has 7 heteroatoms. The molecular formula is C13H9F4NOS. The van der Waals surface area contributed by atoms with Crippen molar-refractivity contribution in [2.75, 3.05) is 0 Å². The molecule has 0 aliphatic rings. The lowest BCUT2D eigenvalue weighted by Gasteiger charge is -2.11. The number of alkyl halides is 3. The summed E-state index contributed by atoms with van der Waals surface area (Å²) in [6.07, 6.45) is -4.98. The van der Waals surface area contributed by atoms with E-state index in [1.165, 1.54) is 11.3 Å². The highest BCUT2D eigenvalue weighted by Crippen LogP contribution is 2.33. The van der Waals surface area contributed by atoms with E-state index in [0.717, 1.165) is 0 Å². The minimum absolute atomic E-state index is 0.281. The predicted molar refractivity (Wildman–Crippen MR) is 66.3 cm³/mol. The van der Waals surface area contributed by atoms with Crippen LogP contribution in [-0.2, 0) is 12.6 Å². The van der Waals surface area contributed by atoms with Crippen LogP contribution < -0.4 is 0 Å². The summed E-state index contributed by atoms with van der Waals surface area (Å²) in [4.78, 5) is 16.0. The summed E-state index contributed by atoms with van der Waals surface area (Å²) in [7, 11) is 0. The zero-order valence-electron chi connectivity index (χ0n) is 10.3. The van der Waals surface area contributed by atoms with E-state index in [-0.39, 0.29) is 6.42 Å². The van der Waals surface area contributed by atoms with E-state index in [1.807, 2.05) is 0 Å². The summed E-state index contributed by atoms with van der Waals surface area (Å²) in [5.74, 6) is -1.68. The van der Waals surface area contributed by atoms with Crippen LogP contribution in [0.5, 0.6) is 0 Å². The van der Waals surface area contributed by atoms with Gasteiger partial charge in [0.2, 0.25) is 0 Å². The minimum atomic E-state index is -4.70. The van der Waals surface area contributed by atoms with Gasteiger partial charge in [-0.05, 0) is 25.1 Å². The van der Waals surface area contributed by atoms with Gasteiger partial charge in [0, 0.05) is 10.9 Å². The van der Waals surface area contributed by atoms with E-state index < -0.39 is 28.9 Å². The molecule has 20 heavy (non-hydrogen) atoms. The Bertz CT molecular complexity index is 648. The third-order valence-electron chi connectivity index (χ3n) is 2.60. The van der Waals surface area contributed by atoms with Gasteiger partial charge in [-0.1, -0.05) is 0 Å². The fraction of sp³-hybridized carbons (Fsp3) is 0.231. The van der Waals surface area contributed by atoms with E-state index in [4.69, 9.17) is 0 Å². The highest BCUT2D eigenvalue weighted by Gasteiger charge is 2.35. The van der Waals surface area contributed by atoms with Gasteiger partial charge in [0.15, 0.2) is 5.78 Å². The van der Waals surface area contributed by atoms with E-state index in [2.05, 4.69) is 4.98 Å². The normalized spacial score (nSPS) is 11.7. The summed E-state index contributed by atoms with van der Waals surface area (Å²) in [5, 5.41) is 2.31. The molecule has 0 aliphatic carbocycles. The number of ketones is 1. The van der Waals surface area contributed by atoms with Gasteiger partial charge in [0.1, 0.15) is 5.82 Å². The first kappa shape index (κ1) is 14.6. The molecule has 0 N–H and O–H groups in total. The molecule has 2 nitrogen and oxygen atoms in total. The summed E-state index contributed by atoms with van der Waals surface area (Å²) < 4.78 is 51.5. The quantitative estimate of drug-likeness (QED) is 0.633. The molecule has 106 valence electrons. The maximum absolute atomic E-state index is 13.1. The number of hydrogen-bond acceptors (Lipinski definition) is 3. The minimum Gasteiger partial charge on any atom is -0.294 e. The van der Waals surface area contributed by atoms with E-state index >= 15 is 0 Å². The second kappa shape index (κ2) is 5.32. The number of rotatable bonds is 3. The van der Waals surface area contributed by atoms with Gasteiger partial charge in [-0.15, -0.1) is 11.3 Å². The van der Waals surface area contributed by atoms with Crippen molar-refractivity contribution in [3.8, 4) is 0 Å². The van der Waals surface area contributed by atoms with Gasteiger partial charge in [-0.25, -0.2) is 9.37 Å². The number of benzene rings is 1. The van der Waals surface area contributed by atoms with Crippen molar-refractivity contribution in [1.82, 2.24) is 4.98 Å². The number of Topliss-reactive ketones (excluding diaryl/α,β-unsaturated/α-hetero) is 1. The van der Waals surface area contributed by atoms with Crippen molar-refractivity contribution in [1.29, 1.82) is 0 Å². The van der Waals surface area contributed by atoms with Gasteiger partial charge < -0.3 is 0 Å². The Kier molecular flexibility index (Phi) is 3.89. The van der Waals surface area contributed by atoms with Crippen molar-refractivity contribution in [3.63, 3.8) is 0 Å². The van der Waals surface area contributed by atoms with Gasteiger partial charge >= 0.3 is 6.18 Å². The smallest absolute Gasteiger partial charge is 0.294 e. The molecule has 0 bridgehead atoms. The molecule has 0 saturated heterocycles. The van der Waals surface area contributed by atoms with E-state index in [0.29, 0.717) is 28.9 Å². The predicted octanol–water partition coefficient (Wildman–Crippen LogP) is 4.03. The van der Waals surface area contributed by atoms with Crippen LogP contribution in [0, 0.1) is 12.7 Å². The first-order chi connectivity index (χ1) is 9.27. The molecule has 0 atom stereocenters. The molecule has 0 saturated carbocycles. The molecule has 0 unspecified atom stereocenters. The Labute approximate surface area is 116 Å². The van der Waals surface area contributed by atoms with Crippen LogP contribution in [-0.4, -0.2) is 10.8 Å². The topological polar surface area (TPSA) is 30.0 Å². The highest BCUT2D eigenvalue weighted by molar-refractivity contribution is 7.09. The number of halogens is 4. The van der Waals surface area contributed by atoms with Crippen LogP contribution in [0.25, 0.3) is 0 Å². The number of aryl methyl sites for hydroxylation is 1. The monoisotopic (exact) mass is 303 g/mol. The molecule has 2 aromatic rings. The van der Waals surface area contributed by atoms with Crippen LogP contribution >= 0.6 is 11.3 Å². The molecular weight excluding hydrogens is 294 g/mol. The average molecular weight is 303 g/mol. The number of aromatic nitrogens is 1. The van der Waals surface area contributed by atoms with Crippen molar-refractivity contribution < 1.29 is 22.4 Å². The second-order valence-electron chi connectivity index (χ2n) is 4.15.